The van der Waals surface area contributed by atoms with Gasteiger partial charge in [-0.3, -0.25) is 14.5 Å². The lowest BCUT2D eigenvalue weighted by molar-refractivity contribution is -0.137. The highest BCUT2D eigenvalue weighted by atomic mass is 19.4. The fourth-order valence-electron chi connectivity index (χ4n) is 2.35. The lowest BCUT2D eigenvalue weighted by Crippen LogP contribution is -2.37. The molecule has 0 N–H and O–H groups in total. The first kappa shape index (κ1) is 14.5. The largest absolute Gasteiger partial charge is 0.416 e. The fraction of sp³-hybridized carbons (Fsp3) is 0.385. The minimum Gasteiger partial charge on any atom is -0.294 e. The van der Waals surface area contributed by atoms with E-state index in [1.54, 1.807) is 14.1 Å². The van der Waals surface area contributed by atoms with Gasteiger partial charge in [0.2, 0.25) is 5.91 Å². The van der Waals surface area contributed by atoms with E-state index in [0.717, 1.165) is 17.0 Å². The van der Waals surface area contributed by atoms with Crippen molar-refractivity contribution < 1.29 is 22.8 Å². The predicted octanol–water partition coefficient (Wildman–Crippen LogP) is 2.20. The lowest BCUT2D eigenvalue weighted by atomic mass is 10.0. The predicted molar refractivity (Wildman–Crippen MR) is 66.0 cm³/mol. The molecule has 1 aromatic carbocycles. The van der Waals surface area contributed by atoms with Gasteiger partial charge in [0.25, 0.3) is 5.91 Å². The number of alkyl halides is 3. The lowest BCUT2D eigenvalue weighted by Gasteiger charge is -2.18. The summed E-state index contributed by atoms with van der Waals surface area (Å²) in [4.78, 5) is 26.1. The molecule has 0 fully saturated rings. The standard InChI is InChI=1S/C13H13F3N2O2/c1-7(19)18-10-5-4-8(13(14,15)16)6-9(10)11(12(18)20)17(2)3/h4-6,11H,1-3H3. The van der Waals surface area contributed by atoms with Crippen LogP contribution in [0.15, 0.2) is 18.2 Å². The van der Waals surface area contributed by atoms with Crippen molar-refractivity contribution in [3.05, 3.63) is 29.3 Å². The summed E-state index contributed by atoms with van der Waals surface area (Å²) in [6.45, 7) is 1.21. The Kier molecular flexibility index (Phi) is 3.33. The number of likely N-dealkylation sites (N-methyl/N-ethyl adjacent to an activating group) is 1. The summed E-state index contributed by atoms with van der Waals surface area (Å²) in [6.07, 6.45) is -4.49. The number of amides is 2. The van der Waals surface area contributed by atoms with E-state index in [1.807, 2.05) is 0 Å². The molecule has 1 heterocycles. The number of carbonyl (C=O) groups excluding carboxylic acids is 2. The summed E-state index contributed by atoms with van der Waals surface area (Å²) in [6, 6.07) is 2.10. The number of hydrogen-bond donors (Lipinski definition) is 0. The minimum absolute atomic E-state index is 0.199. The van der Waals surface area contributed by atoms with Crippen LogP contribution in [0.2, 0.25) is 0 Å². The Balaban J connectivity index is 2.62. The van der Waals surface area contributed by atoms with E-state index < -0.39 is 29.6 Å². The van der Waals surface area contributed by atoms with E-state index in [0.29, 0.717) is 0 Å². The van der Waals surface area contributed by atoms with Crippen LogP contribution in [0.25, 0.3) is 0 Å². The number of nitrogens with zero attached hydrogens (tertiary/aromatic N) is 2. The van der Waals surface area contributed by atoms with Crippen molar-refractivity contribution in [3.8, 4) is 0 Å². The number of benzene rings is 1. The Bertz CT molecular complexity index is 581. The molecule has 1 aliphatic heterocycles. The molecule has 0 saturated carbocycles. The van der Waals surface area contributed by atoms with Gasteiger partial charge >= 0.3 is 6.18 Å². The molecule has 2 rings (SSSR count). The normalized spacial score (nSPS) is 18.6. The zero-order valence-corrected chi connectivity index (χ0v) is 11.2. The highest BCUT2D eigenvalue weighted by Gasteiger charge is 2.42. The Morgan fingerprint density at radius 2 is 1.90 bits per heavy atom. The number of anilines is 1. The van der Waals surface area contributed by atoms with Crippen LogP contribution in [-0.2, 0) is 15.8 Å². The first-order chi connectivity index (χ1) is 9.14. The summed E-state index contributed by atoms with van der Waals surface area (Å²) in [5, 5.41) is 0. The van der Waals surface area contributed by atoms with Gasteiger partial charge in [-0.05, 0) is 32.3 Å². The van der Waals surface area contributed by atoms with Gasteiger partial charge in [0.15, 0.2) is 0 Å². The number of halogens is 3. The maximum atomic E-state index is 12.8. The summed E-state index contributed by atoms with van der Waals surface area (Å²) < 4.78 is 38.3. The molecule has 4 nitrogen and oxygen atoms in total. The van der Waals surface area contributed by atoms with E-state index in [-0.39, 0.29) is 11.3 Å². The SMILES string of the molecule is CC(=O)N1C(=O)C(N(C)C)c2cc(C(F)(F)F)ccc21. The van der Waals surface area contributed by atoms with Crippen molar-refractivity contribution in [2.75, 3.05) is 19.0 Å². The van der Waals surface area contributed by atoms with Gasteiger partial charge in [0.05, 0.1) is 11.3 Å². The van der Waals surface area contributed by atoms with Crippen LogP contribution in [0.1, 0.15) is 24.1 Å². The quantitative estimate of drug-likeness (QED) is 0.794. The molecule has 108 valence electrons. The topological polar surface area (TPSA) is 40.6 Å². The maximum absolute atomic E-state index is 12.8. The molecule has 2 amide bonds. The molecule has 1 aliphatic rings. The van der Waals surface area contributed by atoms with Gasteiger partial charge in [-0.25, -0.2) is 4.90 Å². The molecule has 7 heteroatoms. The summed E-state index contributed by atoms with van der Waals surface area (Å²) in [7, 11) is 3.16. The molecule has 1 unspecified atom stereocenters. The van der Waals surface area contributed by atoms with E-state index in [9.17, 15) is 22.8 Å². The van der Waals surface area contributed by atoms with Crippen LogP contribution in [0.5, 0.6) is 0 Å². The van der Waals surface area contributed by atoms with Crippen molar-refractivity contribution in [3.63, 3.8) is 0 Å². The average Bonchev–Trinajstić information content (AvgIpc) is 2.58. The average molecular weight is 286 g/mol. The second-order valence-corrected chi connectivity index (χ2v) is 4.83. The van der Waals surface area contributed by atoms with Crippen LogP contribution in [0.4, 0.5) is 18.9 Å². The van der Waals surface area contributed by atoms with Crippen molar-refractivity contribution in [1.29, 1.82) is 0 Å². The van der Waals surface area contributed by atoms with Gasteiger partial charge in [-0.1, -0.05) is 0 Å². The van der Waals surface area contributed by atoms with Crippen molar-refractivity contribution in [2.24, 2.45) is 0 Å². The fourth-order valence-corrected chi connectivity index (χ4v) is 2.35. The first-order valence-corrected chi connectivity index (χ1v) is 5.86. The number of hydrogen-bond acceptors (Lipinski definition) is 3. The van der Waals surface area contributed by atoms with Crippen molar-refractivity contribution >= 4 is 17.5 Å². The summed E-state index contributed by atoms with van der Waals surface area (Å²) in [5.74, 6) is -1.04. The molecule has 0 radical (unpaired) electrons. The Morgan fingerprint density at radius 1 is 1.30 bits per heavy atom. The molecule has 0 aromatic heterocycles. The van der Waals surface area contributed by atoms with Gasteiger partial charge in [0, 0.05) is 12.5 Å². The molecule has 1 aromatic rings. The molecule has 0 bridgehead atoms. The number of carbonyl (C=O) groups is 2. The second-order valence-electron chi connectivity index (χ2n) is 4.83. The first-order valence-electron chi connectivity index (χ1n) is 5.86. The third-order valence-corrected chi connectivity index (χ3v) is 3.18. The van der Waals surface area contributed by atoms with Crippen LogP contribution >= 0.6 is 0 Å². The Hall–Kier alpha value is -1.89. The third-order valence-electron chi connectivity index (χ3n) is 3.18. The van der Waals surface area contributed by atoms with Crippen molar-refractivity contribution in [2.45, 2.75) is 19.1 Å². The molecular weight excluding hydrogens is 273 g/mol. The monoisotopic (exact) mass is 286 g/mol. The third kappa shape index (κ3) is 2.18. The van der Waals surface area contributed by atoms with E-state index in [1.165, 1.54) is 17.9 Å². The van der Waals surface area contributed by atoms with Crippen LogP contribution in [0.3, 0.4) is 0 Å². The van der Waals surface area contributed by atoms with Crippen LogP contribution < -0.4 is 4.90 Å². The van der Waals surface area contributed by atoms with Crippen LogP contribution in [-0.4, -0.2) is 30.8 Å². The van der Waals surface area contributed by atoms with Crippen LogP contribution in [0, 0.1) is 0 Å². The highest BCUT2D eigenvalue weighted by Crippen LogP contribution is 2.41. The van der Waals surface area contributed by atoms with Gasteiger partial charge in [-0.2, -0.15) is 13.2 Å². The van der Waals surface area contributed by atoms with Crippen molar-refractivity contribution in [1.82, 2.24) is 4.90 Å². The van der Waals surface area contributed by atoms with E-state index >= 15 is 0 Å². The summed E-state index contributed by atoms with van der Waals surface area (Å²) >= 11 is 0. The van der Waals surface area contributed by atoms with Gasteiger partial charge < -0.3 is 0 Å². The molecular formula is C13H13F3N2O2. The minimum atomic E-state index is -4.49. The number of imide groups is 1. The molecule has 0 spiro atoms. The zero-order chi connectivity index (χ0) is 15.2. The second kappa shape index (κ2) is 4.59. The van der Waals surface area contributed by atoms with E-state index in [2.05, 4.69) is 0 Å². The maximum Gasteiger partial charge on any atom is 0.416 e. The Morgan fingerprint density at radius 3 is 2.35 bits per heavy atom. The summed E-state index contributed by atoms with van der Waals surface area (Å²) in [5.41, 5.74) is -0.416. The zero-order valence-electron chi connectivity index (χ0n) is 11.2. The van der Waals surface area contributed by atoms with E-state index in [4.69, 9.17) is 0 Å². The highest BCUT2D eigenvalue weighted by molar-refractivity contribution is 6.20. The van der Waals surface area contributed by atoms with Gasteiger partial charge in [-0.15, -0.1) is 0 Å². The number of rotatable bonds is 1. The van der Waals surface area contributed by atoms with Gasteiger partial charge in [0.1, 0.15) is 6.04 Å². The number of fused-ring (bicyclic) bond motifs is 1. The molecule has 1 atom stereocenters. The molecule has 20 heavy (non-hydrogen) atoms. The smallest absolute Gasteiger partial charge is 0.294 e. The molecule has 0 saturated heterocycles. The Labute approximate surface area is 113 Å². The molecule has 0 aliphatic carbocycles.